The van der Waals surface area contributed by atoms with E-state index in [4.69, 9.17) is 0 Å². The van der Waals surface area contributed by atoms with Crippen LogP contribution in [0, 0.1) is 5.92 Å². The SMILES string of the molecule is O=C(CCC1C(=O)N(Cc2ccccc2)C1c1ccccc1)c1ccccc1. The van der Waals surface area contributed by atoms with Crippen molar-refractivity contribution in [1.29, 1.82) is 0 Å². The first-order valence-corrected chi connectivity index (χ1v) is 9.71. The van der Waals surface area contributed by atoms with Gasteiger partial charge >= 0.3 is 0 Å². The molecule has 1 aliphatic rings. The second kappa shape index (κ2) is 8.22. The Bertz CT molecular complexity index is 938. The lowest BCUT2D eigenvalue weighted by molar-refractivity contribution is -0.158. The molecule has 1 aliphatic heterocycles. The summed E-state index contributed by atoms with van der Waals surface area (Å²) >= 11 is 0. The third-order valence-electron chi connectivity index (χ3n) is 5.43. The maximum Gasteiger partial charge on any atom is 0.228 e. The van der Waals surface area contributed by atoms with Gasteiger partial charge in [-0.1, -0.05) is 91.0 Å². The predicted molar refractivity (Wildman–Crippen MR) is 110 cm³/mol. The summed E-state index contributed by atoms with van der Waals surface area (Å²) in [6.45, 7) is 0.600. The molecule has 4 rings (SSSR count). The average Bonchev–Trinajstić information content (AvgIpc) is 2.76. The van der Waals surface area contributed by atoms with Gasteiger partial charge in [0.15, 0.2) is 5.78 Å². The van der Waals surface area contributed by atoms with E-state index in [1.165, 1.54) is 0 Å². The Morgan fingerprint density at radius 3 is 2.00 bits per heavy atom. The minimum Gasteiger partial charge on any atom is -0.330 e. The zero-order chi connectivity index (χ0) is 19.3. The highest BCUT2D eigenvalue weighted by molar-refractivity contribution is 5.96. The topological polar surface area (TPSA) is 37.4 Å². The van der Waals surface area contributed by atoms with Crippen LogP contribution >= 0.6 is 0 Å². The van der Waals surface area contributed by atoms with Gasteiger partial charge in [-0.3, -0.25) is 9.59 Å². The molecule has 2 unspecified atom stereocenters. The second-order valence-electron chi connectivity index (χ2n) is 7.24. The van der Waals surface area contributed by atoms with Gasteiger partial charge in [-0.25, -0.2) is 0 Å². The molecule has 1 heterocycles. The number of hydrogen-bond donors (Lipinski definition) is 0. The van der Waals surface area contributed by atoms with Crippen LogP contribution in [0.2, 0.25) is 0 Å². The molecular formula is C25H23NO2. The Morgan fingerprint density at radius 2 is 1.36 bits per heavy atom. The largest absolute Gasteiger partial charge is 0.330 e. The van der Waals surface area contributed by atoms with E-state index in [2.05, 4.69) is 12.1 Å². The summed E-state index contributed by atoms with van der Waals surface area (Å²) in [5.41, 5.74) is 2.97. The van der Waals surface area contributed by atoms with E-state index < -0.39 is 0 Å². The summed E-state index contributed by atoms with van der Waals surface area (Å²) in [6.07, 6.45) is 0.973. The molecule has 140 valence electrons. The molecule has 3 nitrogen and oxygen atoms in total. The Hall–Kier alpha value is -3.20. The monoisotopic (exact) mass is 369 g/mol. The lowest BCUT2D eigenvalue weighted by Crippen LogP contribution is -2.54. The number of carbonyl (C=O) groups excluding carboxylic acids is 2. The van der Waals surface area contributed by atoms with E-state index >= 15 is 0 Å². The van der Waals surface area contributed by atoms with Gasteiger partial charge in [0.05, 0.1) is 12.0 Å². The summed E-state index contributed by atoms with van der Waals surface area (Å²) in [4.78, 5) is 27.3. The van der Waals surface area contributed by atoms with Gasteiger partial charge in [-0.2, -0.15) is 0 Å². The highest BCUT2D eigenvalue weighted by atomic mass is 16.2. The molecular weight excluding hydrogens is 346 g/mol. The summed E-state index contributed by atoms with van der Waals surface area (Å²) in [5, 5.41) is 0. The van der Waals surface area contributed by atoms with Crippen LogP contribution in [-0.4, -0.2) is 16.6 Å². The Labute approximate surface area is 165 Å². The highest BCUT2D eigenvalue weighted by Crippen LogP contribution is 2.43. The number of hydrogen-bond acceptors (Lipinski definition) is 2. The molecule has 1 saturated heterocycles. The number of rotatable bonds is 7. The van der Waals surface area contributed by atoms with Gasteiger partial charge in [-0.15, -0.1) is 0 Å². The molecule has 3 heteroatoms. The molecule has 0 bridgehead atoms. The van der Waals surface area contributed by atoms with Crippen molar-refractivity contribution in [3.8, 4) is 0 Å². The number of Topliss-reactive ketones (excluding diaryl/α,β-unsaturated/α-hetero) is 1. The van der Waals surface area contributed by atoms with Gasteiger partial charge in [0.2, 0.25) is 5.91 Å². The van der Waals surface area contributed by atoms with Crippen LogP contribution in [0.3, 0.4) is 0 Å². The Morgan fingerprint density at radius 1 is 0.786 bits per heavy atom. The van der Waals surface area contributed by atoms with Crippen molar-refractivity contribution in [3.05, 3.63) is 108 Å². The molecule has 0 spiro atoms. The third kappa shape index (κ3) is 3.74. The van der Waals surface area contributed by atoms with Crippen LogP contribution in [0.15, 0.2) is 91.0 Å². The molecule has 1 fully saturated rings. The standard InChI is InChI=1S/C25H23NO2/c27-23(20-12-6-2-7-13-20)17-16-22-24(21-14-8-3-9-15-21)26(25(22)28)18-19-10-4-1-5-11-19/h1-15,22,24H,16-18H2. The number of ketones is 1. The average molecular weight is 369 g/mol. The summed E-state index contributed by atoms with van der Waals surface area (Å²) in [7, 11) is 0. The van der Waals surface area contributed by atoms with Gasteiger partial charge in [0.25, 0.3) is 0 Å². The smallest absolute Gasteiger partial charge is 0.228 e. The number of β-lactam (4-membered cyclic amide) rings is 1. The maximum absolute atomic E-state index is 12.9. The van der Waals surface area contributed by atoms with Crippen LogP contribution in [0.1, 0.15) is 40.4 Å². The minimum atomic E-state index is -0.140. The first-order valence-electron chi connectivity index (χ1n) is 9.71. The van der Waals surface area contributed by atoms with Crippen LogP contribution in [0.4, 0.5) is 0 Å². The molecule has 2 atom stereocenters. The number of nitrogens with zero attached hydrogens (tertiary/aromatic N) is 1. The zero-order valence-electron chi connectivity index (χ0n) is 15.7. The van der Waals surface area contributed by atoms with E-state index in [1.54, 1.807) is 0 Å². The number of likely N-dealkylation sites (tertiary alicyclic amines) is 1. The van der Waals surface area contributed by atoms with Gasteiger partial charge in [0, 0.05) is 18.5 Å². The maximum atomic E-state index is 12.9. The fourth-order valence-corrected chi connectivity index (χ4v) is 3.98. The zero-order valence-corrected chi connectivity index (χ0v) is 15.7. The van der Waals surface area contributed by atoms with Crippen LogP contribution < -0.4 is 0 Å². The van der Waals surface area contributed by atoms with Gasteiger partial charge in [0.1, 0.15) is 0 Å². The van der Waals surface area contributed by atoms with Gasteiger partial charge < -0.3 is 4.90 Å². The molecule has 0 aliphatic carbocycles. The molecule has 3 aromatic carbocycles. The molecule has 0 N–H and O–H groups in total. The second-order valence-corrected chi connectivity index (χ2v) is 7.24. The normalized spacial score (nSPS) is 18.6. The Balaban J connectivity index is 1.50. The van der Waals surface area contributed by atoms with Crippen LogP contribution in [-0.2, 0) is 11.3 Å². The number of carbonyl (C=O) groups is 2. The lowest BCUT2D eigenvalue weighted by atomic mass is 9.78. The van der Waals surface area contributed by atoms with Crippen molar-refractivity contribution >= 4 is 11.7 Å². The van der Waals surface area contributed by atoms with E-state index in [0.29, 0.717) is 24.9 Å². The van der Waals surface area contributed by atoms with E-state index in [-0.39, 0.29) is 23.7 Å². The van der Waals surface area contributed by atoms with Crippen molar-refractivity contribution < 1.29 is 9.59 Å². The lowest BCUT2D eigenvalue weighted by Gasteiger charge is -2.48. The van der Waals surface area contributed by atoms with E-state index in [9.17, 15) is 9.59 Å². The van der Waals surface area contributed by atoms with Crippen LogP contribution in [0.5, 0.6) is 0 Å². The van der Waals surface area contributed by atoms with E-state index in [1.807, 2.05) is 83.8 Å². The first kappa shape index (κ1) is 18.2. The molecule has 28 heavy (non-hydrogen) atoms. The third-order valence-corrected chi connectivity index (χ3v) is 5.43. The Kier molecular flexibility index (Phi) is 5.34. The number of amides is 1. The van der Waals surface area contributed by atoms with Crippen molar-refractivity contribution in [2.75, 3.05) is 0 Å². The predicted octanol–water partition coefficient (Wildman–Crippen LogP) is 5.05. The minimum absolute atomic E-state index is 0.0254. The fourth-order valence-electron chi connectivity index (χ4n) is 3.98. The molecule has 0 aromatic heterocycles. The molecule has 1 amide bonds. The van der Waals surface area contributed by atoms with Crippen molar-refractivity contribution in [2.24, 2.45) is 5.92 Å². The number of benzene rings is 3. The molecule has 0 saturated carbocycles. The highest BCUT2D eigenvalue weighted by Gasteiger charge is 2.47. The van der Waals surface area contributed by atoms with Crippen molar-refractivity contribution in [3.63, 3.8) is 0 Å². The summed E-state index contributed by atoms with van der Waals surface area (Å²) in [6, 6.07) is 29.5. The quantitative estimate of drug-likeness (QED) is 0.432. The van der Waals surface area contributed by atoms with Gasteiger partial charge in [-0.05, 0) is 17.5 Å². The van der Waals surface area contributed by atoms with E-state index in [0.717, 1.165) is 11.1 Å². The first-order chi connectivity index (χ1) is 13.7. The summed E-state index contributed by atoms with van der Waals surface area (Å²) < 4.78 is 0. The molecule has 3 aromatic rings. The summed E-state index contributed by atoms with van der Waals surface area (Å²) in [5.74, 6) is 0.0964. The van der Waals surface area contributed by atoms with Crippen molar-refractivity contribution in [2.45, 2.75) is 25.4 Å². The molecule has 0 radical (unpaired) electrons. The van der Waals surface area contributed by atoms with Crippen molar-refractivity contribution in [1.82, 2.24) is 4.90 Å². The van der Waals surface area contributed by atoms with Crippen LogP contribution in [0.25, 0.3) is 0 Å². The fraction of sp³-hybridized carbons (Fsp3) is 0.200.